The molecule has 2 nitrogen and oxygen atoms in total. The molecule has 0 aromatic heterocycles. The maximum Gasteiger partial charge on any atom is 0.133 e. The van der Waals surface area contributed by atoms with E-state index < -0.39 is 0 Å². The average Bonchev–Trinajstić information content (AvgIpc) is 2.41. The third-order valence-corrected chi connectivity index (χ3v) is 3.89. The number of benzene rings is 1. The second-order valence-corrected chi connectivity index (χ2v) is 5.44. The highest BCUT2D eigenvalue weighted by Gasteiger charge is 2.15. The van der Waals surface area contributed by atoms with E-state index in [4.69, 9.17) is 0 Å². The van der Waals surface area contributed by atoms with Crippen molar-refractivity contribution in [2.45, 2.75) is 44.6 Å². The number of hydrogen-bond acceptors (Lipinski definition) is 2. The van der Waals surface area contributed by atoms with Crippen molar-refractivity contribution in [1.29, 1.82) is 0 Å². The molecule has 0 saturated heterocycles. The van der Waals surface area contributed by atoms with Crippen molar-refractivity contribution in [3.05, 3.63) is 35.4 Å². The van der Waals surface area contributed by atoms with E-state index in [9.17, 15) is 4.79 Å². The molecule has 0 amide bonds. The molecule has 0 heterocycles. The predicted molar refractivity (Wildman–Crippen MR) is 74.7 cm³/mol. The molecule has 1 aromatic carbocycles. The summed E-state index contributed by atoms with van der Waals surface area (Å²) in [6.45, 7) is 1.36. The average molecular weight is 245 g/mol. The fourth-order valence-electron chi connectivity index (χ4n) is 2.83. The van der Waals surface area contributed by atoms with E-state index in [0.717, 1.165) is 18.7 Å². The molecule has 18 heavy (non-hydrogen) atoms. The minimum atomic E-state index is 0.504. The molecule has 0 N–H and O–H groups in total. The van der Waals surface area contributed by atoms with Gasteiger partial charge in [0.2, 0.25) is 0 Å². The van der Waals surface area contributed by atoms with Gasteiger partial charge >= 0.3 is 0 Å². The first kappa shape index (κ1) is 13.3. The number of hydrogen-bond donors (Lipinski definition) is 0. The van der Waals surface area contributed by atoms with Crippen LogP contribution >= 0.6 is 0 Å². The summed E-state index contributed by atoms with van der Waals surface area (Å²) in [4.78, 5) is 12.5. The van der Waals surface area contributed by atoms with Crippen LogP contribution in [0.3, 0.4) is 0 Å². The van der Waals surface area contributed by atoms with Crippen LogP contribution in [0.5, 0.6) is 0 Å². The molecule has 0 radical (unpaired) electrons. The molecule has 0 unspecified atom stereocenters. The number of nitrogens with zero attached hydrogens (tertiary/aromatic N) is 1. The van der Waals surface area contributed by atoms with Gasteiger partial charge in [0, 0.05) is 6.54 Å². The van der Waals surface area contributed by atoms with Gasteiger partial charge in [-0.05, 0) is 36.9 Å². The Labute approximate surface area is 110 Å². The topological polar surface area (TPSA) is 20.3 Å². The van der Waals surface area contributed by atoms with Crippen LogP contribution in [-0.2, 0) is 11.3 Å². The fourth-order valence-corrected chi connectivity index (χ4v) is 2.83. The number of likely N-dealkylation sites (N-methyl/N-ethyl adjacent to an activating group) is 1. The van der Waals surface area contributed by atoms with Crippen LogP contribution in [0.4, 0.5) is 0 Å². The zero-order valence-corrected chi connectivity index (χ0v) is 11.3. The number of carbonyl (C=O) groups is 1. The van der Waals surface area contributed by atoms with Gasteiger partial charge in [-0.15, -0.1) is 0 Å². The first-order chi connectivity index (χ1) is 8.79. The van der Waals surface area contributed by atoms with Crippen LogP contribution in [0.1, 0.15) is 49.1 Å². The molecule has 1 saturated carbocycles. The van der Waals surface area contributed by atoms with E-state index in [1.165, 1.54) is 43.2 Å². The maximum absolute atomic E-state index is 10.4. The number of carbonyl (C=O) groups excluding carboxylic acids is 1. The van der Waals surface area contributed by atoms with E-state index in [2.05, 4.69) is 24.3 Å². The zero-order valence-electron chi connectivity index (χ0n) is 11.3. The largest absolute Gasteiger partial charge is 0.302 e. The minimum Gasteiger partial charge on any atom is -0.302 e. The Balaban J connectivity index is 1.94. The molecule has 0 bridgehead atoms. The van der Waals surface area contributed by atoms with Gasteiger partial charge < -0.3 is 4.79 Å². The van der Waals surface area contributed by atoms with Crippen molar-refractivity contribution in [3.8, 4) is 0 Å². The third kappa shape index (κ3) is 3.67. The summed E-state index contributed by atoms with van der Waals surface area (Å²) < 4.78 is 0. The monoisotopic (exact) mass is 245 g/mol. The van der Waals surface area contributed by atoms with E-state index in [1.54, 1.807) is 0 Å². The molecule has 1 fully saturated rings. The van der Waals surface area contributed by atoms with Crippen molar-refractivity contribution >= 4 is 6.29 Å². The van der Waals surface area contributed by atoms with Crippen molar-refractivity contribution in [1.82, 2.24) is 4.90 Å². The normalized spacial score (nSPS) is 17.0. The summed E-state index contributed by atoms with van der Waals surface area (Å²) in [7, 11) is 1.98. The van der Waals surface area contributed by atoms with Crippen molar-refractivity contribution in [2.24, 2.45) is 0 Å². The molecule has 1 aliphatic carbocycles. The van der Waals surface area contributed by atoms with Gasteiger partial charge in [-0.3, -0.25) is 4.90 Å². The molecular formula is C16H23NO. The van der Waals surface area contributed by atoms with Crippen LogP contribution in [-0.4, -0.2) is 24.8 Å². The molecule has 0 atom stereocenters. The zero-order chi connectivity index (χ0) is 12.8. The Kier molecular flexibility index (Phi) is 4.94. The molecule has 0 aliphatic heterocycles. The summed E-state index contributed by atoms with van der Waals surface area (Å²) >= 11 is 0. The van der Waals surface area contributed by atoms with Crippen LogP contribution in [0.15, 0.2) is 24.3 Å². The highest BCUT2D eigenvalue weighted by molar-refractivity contribution is 5.51. The van der Waals surface area contributed by atoms with Crippen LogP contribution in [0.2, 0.25) is 0 Å². The maximum atomic E-state index is 10.4. The number of rotatable bonds is 5. The van der Waals surface area contributed by atoms with Gasteiger partial charge in [-0.1, -0.05) is 43.5 Å². The molecule has 1 aromatic rings. The summed E-state index contributed by atoms with van der Waals surface area (Å²) in [5.41, 5.74) is 2.79. The molecule has 2 rings (SSSR count). The van der Waals surface area contributed by atoms with Gasteiger partial charge in [0.25, 0.3) is 0 Å². The van der Waals surface area contributed by atoms with Gasteiger partial charge in [0.1, 0.15) is 6.29 Å². The lowest BCUT2D eigenvalue weighted by Gasteiger charge is -2.22. The van der Waals surface area contributed by atoms with Crippen LogP contribution < -0.4 is 0 Å². The molecule has 1 aliphatic rings. The Morgan fingerprint density at radius 1 is 1.17 bits per heavy atom. The van der Waals surface area contributed by atoms with E-state index in [0.29, 0.717) is 6.54 Å². The lowest BCUT2D eigenvalue weighted by Crippen LogP contribution is -2.19. The molecule has 0 spiro atoms. The summed E-state index contributed by atoms with van der Waals surface area (Å²) in [5.74, 6) is 0.778. The van der Waals surface area contributed by atoms with Crippen molar-refractivity contribution in [3.63, 3.8) is 0 Å². The van der Waals surface area contributed by atoms with E-state index >= 15 is 0 Å². The van der Waals surface area contributed by atoms with Gasteiger partial charge in [-0.2, -0.15) is 0 Å². The Morgan fingerprint density at radius 2 is 1.83 bits per heavy atom. The second kappa shape index (κ2) is 6.69. The lowest BCUT2D eigenvalue weighted by atomic mass is 9.84. The summed E-state index contributed by atoms with van der Waals surface area (Å²) in [6, 6.07) is 8.98. The van der Waals surface area contributed by atoms with Gasteiger partial charge in [0.15, 0.2) is 0 Å². The highest BCUT2D eigenvalue weighted by Crippen LogP contribution is 2.32. The van der Waals surface area contributed by atoms with Crippen molar-refractivity contribution in [2.75, 3.05) is 13.6 Å². The standard InChI is InChI=1S/C16H23NO/c1-17(11-12-18)13-14-7-9-16(10-8-14)15-5-3-2-4-6-15/h7-10,12,15H,2-6,11,13H2,1H3. The minimum absolute atomic E-state index is 0.504. The smallest absolute Gasteiger partial charge is 0.133 e. The summed E-state index contributed by atoms with van der Waals surface area (Å²) in [6.07, 6.45) is 7.83. The Morgan fingerprint density at radius 3 is 2.44 bits per heavy atom. The molecule has 2 heteroatoms. The third-order valence-electron chi connectivity index (χ3n) is 3.89. The Hall–Kier alpha value is -1.15. The van der Waals surface area contributed by atoms with Gasteiger partial charge in [-0.25, -0.2) is 0 Å². The van der Waals surface area contributed by atoms with Crippen LogP contribution in [0, 0.1) is 0 Å². The summed E-state index contributed by atoms with van der Waals surface area (Å²) in [5, 5.41) is 0. The predicted octanol–water partition coefficient (Wildman–Crippen LogP) is 3.37. The quantitative estimate of drug-likeness (QED) is 0.741. The SMILES string of the molecule is CN(CC=O)Cc1ccc(C2CCCCC2)cc1. The first-order valence-electron chi connectivity index (χ1n) is 7.00. The Bertz CT molecular complexity index is 365. The van der Waals surface area contributed by atoms with E-state index in [-0.39, 0.29) is 0 Å². The molecule has 98 valence electrons. The fraction of sp³-hybridized carbons (Fsp3) is 0.562. The highest BCUT2D eigenvalue weighted by atomic mass is 16.1. The van der Waals surface area contributed by atoms with Gasteiger partial charge in [0.05, 0.1) is 6.54 Å². The molecular weight excluding hydrogens is 222 g/mol. The van der Waals surface area contributed by atoms with Crippen molar-refractivity contribution < 1.29 is 4.79 Å². The lowest BCUT2D eigenvalue weighted by molar-refractivity contribution is -0.108. The number of aldehydes is 1. The first-order valence-corrected chi connectivity index (χ1v) is 7.00. The van der Waals surface area contributed by atoms with Crippen LogP contribution in [0.25, 0.3) is 0 Å². The second-order valence-electron chi connectivity index (χ2n) is 5.44. The van der Waals surface area contributed by atoms with E-state index in [1.807, 2.05) is 11.9 Å².